The average molecular weight is 168 g/mol. The van der Waals surface area contributed by atoms with Crippen LogP contribution in [0.15, 0.2) is 29.0 Å². The summed E-state index contributed by atoms with van der Waals surface area (Å²) in [6, 6.07) is 0. The van der Waals surface area contributed by atoms with Gasteiger partial charge in [0.1, 0.15) is 11.8 Å². The molecule has 0 aromatic rings. The van der Waals surface area contributed by atoms with Crippen LogP contribution in [0.3, 0.4) is 0 Å². The first-order valence-corrected chi connectivity index (χ1v) is 3.33. The van der Waals surface area contributed by atoms with E-state index in [0.717, 1.165) is 6.08 Å². The summed E-state index contributed by atoms with van der Waals surface area (Å²) in [5.41, 5.74) is -0.0362. The van der Waals surface area contributed by atoms with E-state index < -0.39 is 12.9 Å². The molecule has 0 aliphatic heterocycles. The predicted molar refractivity (Wildman–Crippen MR) is 41.3 cm³/mol. The average Bonchev–Trinajstić information content (AvgIpc) is 2.04. The van der Waals surface area contributed by atoms with Gasteiger partial charge in [-0.25, -0.2) is 9.18 Å². The fourth-order valence-electron chi connectivity index (χ4n) is 0.880. The van der Waals surface area contributed by atoms with Gasteiger partial charge < -0.3 is 10.0 Å². The zero-order valence-corrected chi connectivity index (χ0v) is 6.12. The molecule has 2 N–H and O–H groups in total. The molecule has 1 aliphatic rings. The van der Waals surface area contributed by atoms with Gasteiger partial charge in [0.05, 0.1) is 5.57 Å². The van der Waals surface area contributed by atoms with E-state index in [0.29, 0.717) is 0 Å². The molecule has 0 heterocycles. The Morgan fingerprint density at radius 1 is 1.58 bits per heavy atom. The molecule has 0 aromatic carbocycles. The van der Waals surface area contributed by atoms with Gasteiger partial charge >= 0.3 is 7.12 Å². The molecule has 0 fully saturated rings. The molecule has 0 saturated heterocycles. The summed E-state index contributed by atoms with van der Waals surface area (Å²) in [7, 11) is -1.69. The van der Waals surface area contributed by atoms with Crippen LogP contribution in [-0.2, 0) is 4.79 Å². The molecule has 62 valence electrons. The van der Waals surface area contributed by atoms with Crippen LogP contribution in [0.2, 0.25) is 0 Å². The molecule has 1 aliphatic carbocycles. The lowest BCUT2D eigenvalue weighted by Gasteiger charge is -2.07. The second-order valence-electron chi connectivity index (χ2n) is 2.35. The molecule has 1 rings (SSSR count). The molecule has 0 aromatic heterocycles. The Morgan fingerprint density at radius 3 is 2.67 bits per heavy atom. The number of rotatable bonds is 1. The van der Waals surface area contributed by atoms with Gasteiger partial charge in [0, 0.05) is 6.42 Å². The smallest absolute Gasteiger partial charge is 0.423 e. The number of carbonyl (C=O) groups excluding carboxylic acids is 1. The lowest BCUT2D eigenvalue weighted by atomic mass is 9.76. The van der Waals surface area contributed by atoms with Crippen LogP contribution in [-0.4, -0.2) is 23.1 Å². The summed E-state index contributed by atoms with van der Waals surface area (Å²) in [4.78, 5) is 10.0. The molecule has 0 atom stereocenters. The van der Waals surface area contributed by atoms with Crippen LogP contribution < -0.4 is 0 Å². The van der Waals surface area contributed by atoms with E-state index in [2.05, 4.69) is 0 Å². The fraction of sp³-hybridized carbons (Fsp3) is 0.143. The van der Waals surface area contributed by atoms with Gasteiger partial charge in [-0.2, -0.15) is 0 Å². The van der Waals surface area contributed by atoms with Crippen molar-refractivity contribution in [2.24, 2.45) is 0 Å². The summed E-state index contributed by atoms with van der Waals surface area (Å²) in [6.07, 6.45) is 2.33. The molecular formula is C7H6BFO3. The van der Waals surface area contributed by atoms with Gasteiger partial charge in [-0.3, -0.25) is 0 Å². The zero-order chi connectivity index (χ0) is 9.14. The van der Waals surface area contributed by atoms with Gasteiger partial charge in [0.25, 0.3) is 0 Å². The summed E-state index contributed by atoms with van der Waals surface area (Å²) in [5.74, 6) is 0.675. The highest BCUT2D eigenvalue weighted by Crippen LogP contribution is 2.22. The van der Waals surface area contributed by atoms with Crippen molar-refractivity contribution in [3.05, 3.63) is 29.0 Å². The third-order valence-electron chi connectivity index (χ3n) is 1.54. The maximum atomic E-state index is 12.8. The fourth-order valence-corrected chi connectivity index (χ4v) is 0.880. The molecule has 0 bridgehead atoms. The standard InChI is InChI=1S/C7H6BFO3/c9-7-3-6(8(11)12)2-1-5(7)4-10/h2-3,11-12H,1H2. The molecule has 0 radical (unpaired) electrons. The third kappa shape index (κ3) is 1.71. The number of allylic oxidation sites excluding steroid dienone is 5. The highest BCUT2D eigenvalue weighted by atomic mass is 19.1. The first kappa shape index (κ1) is 8.94. The molecular weight excluding hydrogens is 162 g/mol. The van der Waals surface area contributed by atoms with E-state index in [-0.39, 0.29) is 17.5 Å². The van der Waals surface area contributed by atoms with Crippen molar-refractivity contribution >= 4 is 13.1 Å². The molecule has 12 heavy (non-hydrogen) atoms. The van der Waals surface area contributed by atoms with Gasteiger partial charge in [-0.05, 0) is 11.5 Å². The van der Waals surface area contributed by atoms with Crippen molar-refractivity contribution < 1.29 is 19.2 Å². The Morgan fingerprint density at radius 2 is 2.25 bits per heavy atom. The summed E-state index contributed by atoms with van der Waals surface area (Å²) in [5, 5.41) is 17.2. The van der Waals surface area contributed by atoms with E-state index >= 15 is 0 Å². The summed E-state index contributed by atoms with van der Waals surface area (Å²) in [6.45, 7) is 0. The Hall–Kier alpha value is -1.16. The van der Waals surface area contributed by atoms with Crippen LogP contribution in [0, 0.1) is 0 Å². The summed E-state index contributed by atoms with van der Waals surface area (Å²) < 4.78 is 12.8. The molecule has 0 unspecified atom stereocenters. The predicted octanol–water partition coefficient (Wildman–Crippen LogP) is -0.0601. The largest absolute Gasteiger partial charge is 0.488 e. The normalized spacial score (nSPS) is 16.4. The van der Waals surface area contributed by atoms with E-state index in [1.165, 1.54) is 12.0 Å². The van der Waals surface area contributed by atoms with Crippen molar-refractivity contribution in [1.29, 1.82) is 0 Å². The van der Waals surface area contributed by atoms with Crippen LogP contribution in [0.1, 0.15) is 6.42 Å². The second kappa shape index (κ2) is 3.49. The van der Waals surface area contributed by atoms with Crippen LogP contribution in [0.4, 0.5) is 4.39 Å². The van der Waals surface area contributed by atoms with Crippen LogP contribution in [0.5, 0.6) is 0 Å². The highest BCUT2D eigenvalue weighted by Gasteiger charge is 2.19. The molecule has 3 nitrogen and oxygen atoms in total. The van der Waals surface area contributed by atoms with Crippen molar-refractivity contribution in [1.82, 2.24) is 0 Å². The summed E-state index contributed by atoms with van der Waals surface area (Å²) >= 11 is 0. The molecule has 0 saturated carbocycles. The van der Waals surface area contributed by atoms with Gasteiger partial charge in [0.15, 0.2) is 0 Å². The van der Waals surface area contributed by atoms with E-state index in [1.807, 2.05) is 0 Å². The van der Waals surface area contributed by atoms with Gasteiger partial charge in [-0.15, -0.1) is 0 Å². The second-order valence-corrected chi connectivity index (χ2v) is 2.35. The topological polar surface area (TPSA) is 57.5 Å². The first-order valence-electron chi connectivity index (χ1n) is 3.33. The van der Waals surface area contributed by atoms with Crippen molar-refractivity contribution in [3.63, 3.8) is 0 Å². The Balaban J connectivity index is 2.92. The van der Waals surface area contributed by atoms with E-state index in [9.17, 15) is 9.18 Å². The lowest BCUT2D eigenvalue weighted by Crippen LogP contribution is -2.15. The molecule has 0 spiro atoms. The molecule has 0 amide bonds. The Kier molecular flexibility index (Phi) is 2.60. The minimum atomic E-state index is -1.69. The zero-order valence-electron chi connectivity index (χ0n) is 6.12. The Bertz CT molecular complexity index is 300. The minimum absolute atomic E-state index is 0.0544. The maximum Gasteiger partial charge on any atom is 0.488 e. The number of hydrogen-bond donors (Lipinski definition) is 2. The number of hydrogen-bond acceptors (Lipinski definition) is 3. The van der Waals surface area contributed by atoms with Crippen molar-refractivity contribution in [2.45, 2.75) is 6.42 Å². The first-order chi connectivity index (χ1) is 5.65. The van der Waals surface area contributed by atoms with Crippen molar-refractivity contribution in [3.8, 4) is 0 Å². The number of halogens is 1. The van der Waals surface area contributed by atoms with Crippen molar-refractivity contribution in [2.75, 3.05) is 0 Å². The van der Waals surface area contributed by atoms with Crippen LogP contribution >= 0.6 is 0 Å². The van der Waals surface area contributed by atoms with Gasteiger partial charge in [0.2, 0.25) is 0 Å². The maximum absolute atomic E-state index is 12.8. The van der Waals surface area contributed by atoms with E-state index in [4.69, 9.17) is 10.0 Å². The highest BCUT2D eigenvalue weighted by molar-refractivity contribution is 6.51. The molecule has 5 heteroatoms. The Labute approximate surface area is 68.7 Å². The van der Waals surface area contributed by atoms with Crippen LogP contribution in [0.25, 0.3) is 0 Å². The SMILES string of the molecule is O=C=C1CC=C(B(O)O)C=C1F. The minimum Gasteiger partial charge on any atom is -0.423 e. The van der Waals surface area contributed by atoms with Gasteiger partial charge in [-0.1, -0.05) is 6.08 Å². The monoisotopic (exact) mass is 168 g/mol. The third-order valence-corrected chi connectivity index (χ3v) is 1.54. The lowest BCUT2D eigenvalue weighted by molar-refractivity contribution is 0.420. The quantitative estimate of drug-likeness (QED) is 0.425. The van der Waals surface area contributed by atoms with E-state index in [1.54, 1.807) is 0 Å².